The fraction of sp³-hybridized carbons (Fsp3) is 0.222. The standard InChI is InChI=1S/C9H10O4/c1-12-7-3-6(9(10)11)4-8(5-7)13-2/h3-5H,1-2H3,(H,10,11)/i5D. The second kappa shape index (κ2) is 3.80. The van der Waals surface area contributed by atoms with E-state index in [0.717, 1.165) is 0 Å². The van der Waals surface area contributed by atoms with E-state index in [2.05, 4.69) is 0 Å². The van der Waals surface area contributed by atoms with Crippen molar-refractivity contribution in [3.63, 3.8) is 0 Å². The van der Waals surface area contributed by atoms with Gasteiger partial charge in [0.25, 0.3) is 0 Å². The number of carboxylic acid groups (broad SMARTS) is 1. The maximum Gasteiger partial charge on any atom is 0.335 e. The van der Waals surface area contributed by atoms with Crippen molar-refractivity contribution in [3.05, 3.63) is 23.7 Å². The summed E-state index contributed by atoms with van der Waals surface area (Å²) in [5.41, 5.74) is 0.0368. The lowest BCUT2D eigenvalue weighted by atomic mass is 10.2. The molecule has 0 aromatic heterocycles. The number of carboxylic acids is 1. The zero-order valence-corrected chi connectivity index (χ0v) is 7.33. The summed E-state index contributed by atoms with van der Waals surface area (Å²) in [5, 5.41) is 8.74. The highest BCUT2D eigenvalue weighted by molar-refractivity contribution is 5.88. The number of rotatable bonds is 3. The average molecular weight is 183 g/mol. The van der Waals surface area contributed by atoms with Gasteiger partial charge in [0.1, 0.15) is 11.5 Å². The predicted octanol–water partition coefficient (Wildman–Crippen LogP) is 1.40. The second-order valence-corrected chi connectivity index (χ2v) is 2.31. The summed E-state index contributed by atoms with van der Waals surface area (Å²) in [5.74, 6) is -0.717. The Bertz CT molecular complexity index is 337. The van der Waals surface area contributed by atoms with Crippen LogP contribution in [0.5, 0.6) is 11.5 Å². The molecular weight excluding hydrogens is 172 g/mol. The Kier molecular flexibility index (Phi) is 2.31. The van der Waals surface area contributed by atoms with Gasteiger partial charge >= 0.3 is 5.97 Å². The van der Waals surface area contributed by atoms with Crippen LogP contribution in [-0.4, -0.2) is 25.3 Å². The molecule has 0 unspecified atom stereocenters. The first-order chi connectivity index (χ1) is 6.60. The topological polar surface area (TPSA) is 55.8 Å². The molecular formula is C9H10O4. The van der Waals surface area contributed by atoms with E-state index < -0.39 is 5.97 Å². The van der Waals surface area contributed by atoms with Gasteiger partial charge in [-0.15, -0.1) is 0 Å². The molecule has 4 nitrogen and oxygen atoms in total. The molecule has 13 heavy (non-hydrogen) atoms. The van der Waals surface area contributed by atoms with Gasteiger partial charge in [-0.25, -0.2) is 4.79 Å². The van der Waals surface area contributed by atoms with Crippen molar-refractivity contribution in [2.45, 2.75) is 0 Å². The summed E-state index contributed by atoms with van der Waals surface area (Å²) in [6.07, 6.45) is 0. The van der Waals surface area contributed by atoms with Crippen LogP contribution in [0, 0.1) is 0 Å². The highest BCUT2D eigenvalue weighted by atomic mass is 16.5. The molecule has 0 fully saturated rings. The summed E-state index contributed by atoms with van der Waals surface area (Å²) in [4.78, 5) is 10.7. The van der Waals surface area contributed by atoms with E-state index in [9.17, 15) is 4.79 Å². The fourth-order valence-corrected chi connectivity index (χ4v) is 0.861. The van der Waals surface area contributed by atoms with Crippen molar-refractivity contribution in [1.29, 1.82) is 0 Å². The minimum Gasteiger partial charge on any atom is -0.497 e. The van der Waals surface area contributed by atoms with E-state index in [4.69, 9.17) is 16.0 Å². The fourth-order valence-electron chi connectivity index (χ4n) is 0.861. The van der Waals surface area contributed by atoms with Gasteiger partial charge in [-0.05, 0) is 12.1 Å². The number of ether oxygens (including phenoxy) is 2. The molecule has 0 radical (unpaired) electrons. The first-order valence-electron chi connectivity index (χ1n) is 4.06. The summed E-state index contributed by atoms with van der Waals surface area (Å²) in [6, 6.07) is 2.61. The maximum absolute atomic E-state index is 10.7. The van der Waals surface area contributed by atoms with Crippen molar-refractivity contribution in [1.82, 2.24) is 0 Å². The number of aromatic carboxylic acids is 1. The molecule has 70 valence electrons. The Morgan fingerprint density at radius 1 is 1.38 bits per heavy atom. The molecule has 4 heteroatoms. The van der Waals surface area contributed by atoms with Crippen LogP contribution in [0.15, 0.2) is 18.2 Å². The van der Waals surface area contributed by atoms with Gasteiger partial charge in [0, 0.05) is 6.04 Å². The Morgan fingerprint density at radius 3 is 2.15 bits per heavy atom. The van der Waals surface area contributed by atoms with E-state index in [0.29, 0.717) is 0 Å². The number of hydrogen-bond donors (Lipinski definition) is 1. The SMILES string of the molecule is [2H]c1c(OC)cc(C(=O)O)cc1OC. The van der Waals surface area contributed by atoms with Gasteiger partial charge in [0.05, 0.1) is 21.2 Å². The number of methoxy groups -OCH3 is 2. The highest BCUT2D eigenvalue weighted by Gasteiger charge is 2.07. The van der Waals surface area contributed by atoms with Gasteiger partial charge in [-0.2, -0.15) is 0 Å². The van der Waals surface area contributed by atoms with Crippen LogP contribution in [0.25, 0.3) is 0 Å². The molecule has 0 aliphatic heterocycles. The summed E-state index contributed by atoms with van der Waals surface area (Å²) >= 11 is 0. The first-order valence-corrected chi connectivity index (χ1v) is 3.56. The van der Waals surface area contributed by atoms with Crippen molar-refractivity contribution >= 4 is 5.97 Å². The molecule has 0 aliphatic carbocycles. The van der Waals surface area contributed by atoms with Crippen LogP contribution in [0.4, 0.5) is 0 Å². The Balaban J connectivity index is 3.32. The number of carbonyl (C=O) groups is 1. The molecule has 0 saturated carbocycles. The third-order valence-electron chi connectivity index (χ3n) is 1.51. The molecule has 0 bridgehead atoms. The molecule has 0 aliphatic rings. The lowest BCUT2D eigenvalue weighted by Crippen LogP contribution is -1.98. The van der Waals surface area contributed by atoms with Crippen molar-refractivity contribution in [2.75, 3.05) is 14.2 Å². The van der Waals surface area contributed by atoms with Crippen LogP contribution < -0.4 is 9.47 Å². The minimum atomic E-state index is -1.08. The zero-order chi connectivity index (χ0) is 10.7. The first kappa shape index (κ1) is 7.91. The van der Waals surface area contributed by atoms with E-state index in [1.54, 1.807) is 0 Å². The molecule has 0 spiro atoms. The normalized spacial score (nSPS) is 10.5. The van der Waals surface area contributed by atoms with Gasteiger partial charge in [0.15, 0.2) is 0 Å². The van der Waals surface area contributed by atoms with Gasteiger partial charge in [-0.1, -0.05) is 0 Å². The van der Waals surface area contributed by atoms with Crippen LogP contribution in [0.2, 0.25) is 0 Å². The lowest BCUT2D eigenvalue weighted by Gasteiger charge is -2.05. The molecule has 1 N–H and O–H groups in total. The largest absolute Gasteiger partial charge is 0.497 e. The average Bonchev–Trinajstić information content (AvgIpc) is 2.17. The van der Waals surface area contributed by atoms with E-state index in [1.165, 1.54) is 26.4 Å². The van der Waals surface area contributed by atoms with Crippen LogP contribution in [0.1, 0.15) is 11.7 Å². The Hall–Kier alpha value is -1.71. The van der Waals surface area contributed by atoms with Crippen LogP contribution >= 0.6 is 0 Å². The minimum absolute atomic E-state index is 0.0368. The Morgan fingerprint density at radius 2 is 1.85 bits per heavy atom. The second-order valence-electron chi connectivity index (χ2n) is 2.31. The highest BCUT2D eigenvalue weighted by Crippen LogP contribution is 2.22. The van der Waals surface area contributed by atoms with E-state index >= 15 is 0 Å². The van der Waals surface area contributed by atoms with Gasteiger partial charge < -0.3 is 14.6 Å². The lowest BCUT2D eigenvalue weighted by molar-refractivity contribution is 0.0696. The predicted molar refractivity (Wildman–Crippen MR) is 46.5 cm³/mol. The number of benzene rings is 1. The van der Waals surface area contributed by atoms with Crippen LogP contribution in [-0.2, 0) is 0 Å². The third kappa shape index (κ3) is 2.11. The monoisotopic (exact) mass is 183 g/mol. The maximum atomic E-state index is 10.7. The summed E-state index contributed by atoms with van der Waals surface area (Å²) in [7, 11) is 2.75. The molecule has 0 heterocycles. The summed E-state index contributed by atoms with van der Waals surface area (Å²) < 4.78 is 17.2. The quantitative estimate of drug-likeness (QED) is 0.769. The van der Waals surface area contributed by atoms with Gasteiger partial charge in [0.2, 0.25) is 0 Å². The van der Waals surface area contributed by atoms with Gasteiger partial charge in [-0.3, -0.25) is 0 Å². The molecule has 0 saturated heterocycles. The molecule has 1 aromatic rings. The van der Waals surface area contributed by atoms with Crippen molar-refractivity contribution in [2.24, 2.45) is 0 Å². The molecule has 1 rings (SSSR count). The molecule has 0 atom stereocenters. The summed E-state index contributed by atoms with van der Waals surface area (Å²) in [6.45, 7) is 0. The van der Waals surface area contributed by atoms with E-state index in [-0.39, 0.29) is 23.1 Å². The van der Waals surface area contributed by atoms with E-state index in [1.807, 2.05) is 0 Å². The smallest absolute Gasteiger partial charge is 0.335 e. The zero-order valence-electron chi connectivity index (χ0n) is 8.33. The van der Waals surface area contributed by atoms with Crippen molar-refractivity contribution < 1.29 is 20.7 Å². The number of hydrogen-bond acceptors (Lipinski definition) is 3. The van der Waals surface area contributed by atoms with Crippen LogP contribution in [0.3, 0.4) is 0 Å². The molecule has 0 amide bonds. The Labute approximate surface area is 77.1 Å². The van der Waals surface area contributed by atoms with Crippen molar-refractivity contribution in [3.8, 4) is 11.5 Å². The third-order valence-corrected chi connectivity index (χ3v) is 1.51. The molecule has 1 aromatic carbocycles.